The molecule has 2 amide bonds. The van der Waals surface area contributed by atoms with Crippen LogP contribution >= 0.6 is 11.8 Å². The number of nitrogens with one attached hydrogen (secondary N) is 1. The van der Waals surface area contributed by atoms with Gasteiger partial charge >= 0.3 is 0 Å². The number of carbonyl (C=O) groups excluding carboxylic acids is 2. The highest BCUT2D eigenvalue weighted by molar-refractivity contribution is 8.03. The van der Waals surface area contributed by atoms with Crippen molar-refractivity contribution in [3.05, 3.63) is 40.4 Å². The highest BCUT2D eigenvalue weighted by atomic mass is 32.2. The molecule has 1 aromatic carbocycles. The Bertz CT molecular complexity index is 749. The van der Waals surface area contributed by atoms with E-state index in [1.165, 1.54) is 11.8 Å². The third-order valence-corrected chi connectivity index (χ3v) is 5.41. The molecule has 0 radical (unpaired) electrons. The summed E-state index contributed by atoms with van der Waals surface area (Å²) in [5.74, 6) is 0.477. The maximum atomic E-state index is 12.2. The Morgan fingerprint density at radius 2 is 1.96 bits per heavy atom. The fraction of sp³-hybridized carbons (Fsp3) is 0.450. The molecular weight excluding hydrogens is 362 g/mol. The second-order valence-corrected chi connectivity index (χ2v) is 7.00. The van der Waals surface area contributed by atoms with Gasteiger partial charge in [-0.1, -0.05) is 23.9 Å². The van der Waals surface area contributed by atoms with E-state index in [2.05, 4.69) is 11.4 Å². The van der Waals surface area contributed by atoms with Gasteiger partial charge in [-0.2, -0.15) is 5.26 Å². The van der Waals surface area contributed by atoms with Gasteiger partial charge in [0.05, 0.1) is 29.0 Å². The van der Waals surface area contributed by atoms with E-state index in [0.717, 1.165) is 11.3 Å². The summed E-state index contributed by atoms with van der Waals surface area (Å²) in [6.45, 7) is 7.63. The molecule has 1 atom stereocenters. The first-order valence-electron chi connectivity index (χ1n) is 9.11. The molecule has 0 aromatic heterocycles. The summed E-state index contributed by atoms with van der Waals surface area (Å²) < 4.78 is 5.45. The number of nitrogens with zero attached hydrogens (tertiary/aromatic N) is 2. The van der Waals surface area contributed by atoms with E-state index in [-0.39, 0.29) is 29.9 Å². The Morgan fingerprint density at radius 1 is 1.30 bits per heavy atom. The molecule has 27 heavy (non-hydrogen) atoms. The van der Waals surface area contributed by atoms with Crippen LogP contribution in [0.3, 0.4) is 0 Å². The van der Waals surface area contributed by atoms with Crippen molar-refractivity contribution in [2.45, 2.75) is 33.1 Å². The van der Waals surface area contributed by atoms with Gasteiger partial charge in [-0.05, 0) is 38.5 Å². The quantitative estimate of drug-likeness (QED) is 0.741. The Hall–Kier alpha value is -2.46. The molecule has 1 aliphatic rings. The highest BCUT2D eigenvalue weighted by Crippen LogP contribution is 2.36. The summed E-state index contributed by atoms with van der Waals surface area (Å²) in [5, 5.41) is 12.9. The van der Waals surface area contributed by atoms with Crippen LogP contribution < -0.4 is 10.1 Å². The number of nitriles is 1. The Kier molecular flexibility index (Phi) is 7.74. The molecule has 0 bridgehead atoms. The Labute approximate surface area is 164 Å². The SMILES string of the molecule is CCOc1ccc([C@H]2CC(=O)NC(SCC(=O)N(CC)CC)=C2C#N)cc1. The zero-order valence-corrected chi connectivity index (χ0v) is 16.8. The lowest BCUT2D eigenvalue weighted by atomic mass is 9.87. The molecule has 0 saturated carbocycles. The average molecular weight is 388 g/mol. The van der Waals surface area contributed by atoms with E-state index < -0.39 is 0 Å². The third-order valence-electron chi connectivity index (χ3n) is 4.41. The molecule has 0 unspecified atom stereocenters. The second-order valence-electron chi connectivity index (χ2n) is 6.02. The molecule has 1 aromatic rings. The molecule has 1 heterocycles. The zero-order chi connectivity index (χ0) is 19.8. The summed E-state index contributed by atoms with van der Waals surface area (Å²) in [4.78, 5) is 26.2. The number of rotatable bonds is 8. The van der Waals surface area contributed by atoms with Crippen LogP contribution in [0.4, 0.5) is 0 Å². The van der Waals surface area contributed by atoms with Gasteiger partial charge < -0.3 is 15.0 Å². The molecule has 0 aliphatic carbocycles. The van der Waals surface area contributed by atoms with Crippen LogP contribution in [-0.2, 0) is 9.59 Å². The van der Waals surface area contributed by atoms with Crippen LogP contribution in [0, 0.1) is 11.3 Å². The predicted octanol–water partition coefficient (Wildman–Crippen LogP) is 3.03. The standard InChI is InChI=1S/C20H25N3O3S/c1-4-23(5-2)19(25)13-27-20-17(12-21)16(11-18(24)22-20)14-7-9-15(10-8-14)26-6-3/h7-10,16H,4-6,11,13H2,1-3H3,(H,22,24)/t16-/m1/s1. The Balaban J connectivity index is 2.22. The molecular formula is C20H25N3O3S. The van der Waals surface area contributed by atoms with Crippen LogP contribution in [0.2, 0.25) is 0 Å². The summed E-state index contributed by atoms with van der Waals surface area (Å²) in [6, 6.07) is 9.69. The van der Waals surface area contributed by atoms with Crippen LogP contribution in [-0.4, -0.2) is 42.2 Å². The van der Waals surface area contributed by atoms with E-state index in [9.17, 15) is 14.9 Å². The number of ether oxygens (including phenoxy) is 1. The molecule has 6 nitrogen and oxygen atoms in total. The normalized spacial score (nSPS) is 16.5. The molecule has 144 valence electrons. The van der Waals surface area contributed by atoms with Crippen molar-refractivity contribution in [2.24, 2.45) is 0 Å². The third kappa shape index (κ3) is 5.27. The van der Waals surface area contributed by atoms with Gasteiger partial charge in [0.25, 0.3) is 0 Å². The van der Waals surface area contributed by atoms with Crippen molar-refractivity contribution in [1.29, 1.82) is 5.26 Å². The summed E-state index contributed by atoms with van der Waals surface area (Å²) >= 11 is 1.22. The number of benzene rings is 1. The second kappa shape index (κ2) is 10.0. The summed E-state index contributed by atoms with van der Waals surface area (Å²) in [5.41, 5.74) is 1.38. The lowest BCUT2D eigenvalue weighted by Gasteiger charge is -2.26. The molecule has 0 spiro atoms. The van der Waals surface area contributed by atoms with Gasteiger partial charge in [0.15, 0.2) is 0 Å². The van der Waals surface area contributed by atoms with E-state index in [4.69, 9.17) is 4.74 Å². The number of allylic oxidation sites excluding steroid dienone is 1. The van der Waals surface area contributed by atoms with Gasteiger partial charge in [0, 0.05) is 25.4 Å². The van der Waals surface area contributed by atoms with Crippen LogP contribution in [0.15, 0.2) is 34.9 Å². The smallest absolute Gasteiger partial charge is 0.232 e. The Morgan fingerprint density at radius 3 is 2.52 bits per heavy atom. The largest absolute Gasteiger partial charge is 0.494 e. The van der Waals surface area contributed by atoms with Crippen molar-refractivity contribution in [2.75, 3.05) is 25.4 Å². The van der Waals surface area contributed by atoms with Crippen LogP contribution in [0.5, 0.6) is 5.75 Å². The van der Waals surface area contributed by atoms with E-state index >= 15 is 0 Å². The van der Waals surface area contributed by atoms with Crippen molar-refractivity contribution in [3.8, 4) is 11.8 Å². The van der Waals surface area contributed by atoms with Gasteiger partial charge in [-0.3, -0.25) is 9.59 Å². The maximum absolute atomic E-state index is 12.2. The summed E-state index contributed by atoms with van der Waals surface area (Å²) in [7, 11) is 0. The first-order chi connectivity index (χ1) is 13.0. The van der Waals surface area contributed by atoms with Crippen molar-refractivity contribution < 1.29 is 14.3 Å². The van der Waals surface area contributed by atoms with Gasteiger partial charge in [-0.25, -0.2) is 0 Å². The number of amides is 2. The topological polar surface area (TPSA) is 82.4 Å². The molecule has 0 saturated heterocycles. The number of hydrogen-bond acceptors (Lipinski definition) is 5. The van der Waals surface area contributed by atoms with E-state index in [0.29, 0.717) is 30.3 Å². The molecule has 2 rings (SSSR count). The van der Waals surface area contributed by atoms with Gasteiger partial charge in [0.2, 0.25) is 11.8 Å². The lowest BCUT2D eigenvalue weighted by molar-refractivity contribution is -0.128. The highest BCUT2D eigenvalue weighted by Gasteiger charge is 2.30. The monoisotopic (exact) mass is 387 g/mol. The zero-order valence-electron chi connectivity index (χ0n) is 15.9. The molecule has 1 aliphatic heterocycles. The molecule has 1 N–H and O–H groups in total. The first kappa shape index (κ1) is 20.8. The minimum Gasteiger partial charge on any atom is -0.494 e. The first-order valence-corrected chi connectivity index (χ1v) is 10.1. The van der Waals surface area contributed by atoms with E-state index in [1.807, 2.05) is 45.0 Å². The maximum Gasteiger partial charge on any atom is 0.232 e. The summed E-state index contributed by atoms with van der Waals surface area (Å²) in [6.07, 6.45) is 0.213. The van der Waals surface area contributed by atoms with Gasteiger partial charge in [0.1, 0.15) is 5.75 Å². The fourth-order valence-electron chi connectivity index (χ4n) is 2.98. The van der Waals surface area contributed by atoms with Gasteiger partial charge in [-0.15, -0.1) is 0 Å². The van der Waals surface area contributed by atoms with Crippen molar-refractivity contribution in [3.63, 3.8) is 0 Å². The predicted molar refractivity (Wildman–Crippen MR) is 106 cm³/mol. The molecule has 7 heteroatoms. The average Bonchev–Trinajstić information content (AvgIpc) is 2.67. The number of thioether (sulfide) groups is 1. The minimum absolute atomic E-state index is 0.00719. The molecule has 0 fully saturated rings. The number of hydrogen-bond donors (Lipinski definition) is 1. The van der Waals surface area contributed by atoms with Crippen molar-refractivity contribution >= 4 is 23.6 Å². The number of carbonyl (C=O) groups is 2. The van der Waals surface area contributed by atoms with Crippen LogP contribution in [0.1, 0.15) is 38.7 Å². The minimum atomic E-state index is -0.314. The van der Waals surface area contributed by atoms with E-state index in [1.54, 1.807) is 4.90 Å². The van der Waals surface area contributed by atoms with Crippen molar-refractivity contribution in [1.82, 2.24) is 10.2 Å². The lowest BCUT2D eigenvalue weighted by Crippen LogP contribution is -2.34. The fourth-order valence-corrected chi connectivity index (χ4v) is 3.96. The van der Waals surface area contributed by atoms with Crippen LogP contribution in [0.25, 0.3) is 0 Å².